The van der Waals surface area contributed by atoms with E-state index in [1.54, 1.807) is 17.0 Å². The summed E-state index contributed by atoms with van der Waals surface area (Å²) in [7, 11) is 0. The van der Waals surface area contributed by atoms with Crippen LogP contribution in [0.15, 0.2) is 53.0 Å². The smallest absolute Gasteiger partial charge is 0.241 e. The van der Waals surface area contributed by atoms with Crippen LogP contribution in [0.1, 0.15) is 12.5 Å². The zero-order valence-corrected chi connectivity index (χ0v) is 17.3. The molecule has 0 saturated carbocycles. The Kier molecular flexibility index (Phi) is 6.80. The Labute approximate surface area is 172 Å². The maximum atomic E-state index is 13.0. The van der Waals surface area contributed by atoms with Gasteiger partial charge in [-0.3, -0.25) is 14.5 Å². The second kappa shape index (κ2) is 9.30. The van der Waals surface area contributed by atoms with Gasteiger partial charge in [0.15, 0.2) is 0 Å². The van der Waals surface area contributed by atoms with Crippen LogP contribution in [0.3, 0.4) is 0 Å². The van der Waals surface area contributed by atoms with Crippen molar-refractivity contribution in [3.8, 4) is 0 Å². The Morgan fingerprint density at radius 3 is 2.43 bits per heavy atom. The van der Waals surface area contributed by atoms with E-state index >= 15 is 0 Å². The first kappa shape index (κ1) is 20.5. The molecule has 28 heavy (non-hydrogen) atoms. The van der Waals surface area contributed by atoms with Gasteiger partial charge < -0.3 is 10.2 Å². The van der Waals surface area contributed by atoms with Crippen LogP contribution in [-0.4, -0.2) is 53.8 Å². The maximum absolute atomic E-state index is 13.0. The van der Waals surface area contributed by atoms with E-state index in [1.165, 1.54) is 12.1 Å². The van der Waals surface area contributed by atoms with Gasteiger partial charge in [-0.15, -0.1) is 0 Å². The van der Waals surface area contributed by atoms with E-state index in [4.69, 9.17) is 0 Å². The molecule has 0 bridgehead atoms. The highest BCUT2D eigenvalue weighted by molar-refractivity contribution is 9.10. The molecule has 2 aromatic carbocycles. The predicted molar refractivity (Wildman–Crippen MR) is 110 cm³/mol. The lowest BCUT2D eigenvalue weighted by molar-refractivity contribution is -0.133. The fourth-order valence-electron chi connectivity index (χ4n) is 3.23. The Morgan fingerprint density at radius 1 is 1.11 bits per heavy atom. The summed E-state index contributed by atoms with van der Waals surface area (Å²) in [6.45, 7) is 4.32. The van der Waals surface area contributed by atoms with Crippen molar-refractivity contribution in [3.63, 3.8) is 0 Å². The fraction of sp³-hybridized carbons (Fsp3) is 0.333. The Hall–Kier alpha value is -2.25. The molecule has 1 atom stereocenters. The van der Waals surface area contributed by atoms with Crippen LogP contribution in [-0.2, 0) is 16.0 Å². The number of halogens is 2. The summed E-state index contributed by atoms with van der Waals surface area (Å²) < 4.78 is 13.9. The largest absolute Gasteiger partial charge is 0.340 e. The van der Waals surface area contributed by atoms with Crippen molar-refractivity contribution in [2.24, 2.45) is 0 Å². The number of rotatable bonds is 5. The van der Waals surface area contributed by atoms with Crippen molar-refractivity contribution in [1.29, 1.82) is 0 Å². The standard InChI is InChI=1S/C21H23BrFN3O2/c1-15(21(28)24-19-4-2-3-17(22)14-19)25-9-11-26(12-10-25)20(27)13-16-5-7-18(23)8-6-16/h2-8,14-15H,9-13H2,1H3,(H,24,28). The molecule has 0 aliphatic carbocycles. The van der Waals surface area contributed by atoms with Crippen LogP contribution in [0.2, 0.25) is 0 Å². The van der Waals surface area contributed by atoms with Crippen molar-refractivity contribution in [3.05, 3.63) is 64.4 Å². The summed E-state index contributed by atoms with van der Waals surface area (Å²) in [6.07, 6.45) is 0.263. The Morgan fingerprint density at radius 2 is 1.79 bits per heavy atom. The minimum Gasteiger partial charge on any atom is -0.340 e. The molecule has 1 saturated heterocycles. The van der Waals surface area contributed by atoms with Crippen LogP contribution >= 0.6 is 15.9 Å². The molecule has 5 nitrogen and oxygen atoms in total. The molecule has 1 unspecified atom stereocenters. The number of anilines is 1. The zero-order chi connectivity index (χ0) is 20.1. The number of benzene rings is 2. The molecule has 148 valence electrons. The van der Waals surface area contributed by atoms with Gasteiger partial charge in [0.1, 0.15) is 5.82 Å². The van der Waals surface area contributed by atoms with Crippen LogP contribution in [0.4, 0.5) is 10.1 Å². The Bertz CT molecular complexity index is 836. The van der Waals surface area contributed by atoms with Crippen LogP contribution in [0.5, 0.6) is 0 Å². The highest BCUT2D eigenvalue weighted by atomic mass is 79.9. The third-order valence-electron chi connectivity index (χ3n) is 4.95. The molecule has 0 spiro atoms. The van der Waals surface area contributed by atoms with E-state index in [0.717, 1.165) is 15.7 Å². The molecule has 2 amide bonds. The van der Waals surface area contributed by atoms with Crippen molar-refractivity contribution in [2.45, 2.75) is 19.4 Å². The molecule has 0 radical (unpaired) electrons. The minimum atomic E-state index is -0.306. The number of nitrogens with zero attached hydrogens (tertiary/aromatic N) is 2. The number of amides is 2. The number of hydrogen-bond donors (Lipinski definition) is 1. The molecule has 1 aliphatic heterocycles. The Balaban J connectivity index is 1.49. The second-order valence-corrected chi connectivity index (χ2v) is 7.81. The molecular formula is C21H23BrFN3O2. The van der Waals surface area contributed by atoms with E-state index in [-0.39, 0.29) is 30.1 Å². The summed E-state index contributed by atoms with van der Waals surface area (Å²) in [5.74, 6) is -0.346. The van der Waals surface area contributed by atoms with Crippen molar-refractivity contribution in [2.75, 3.05) is 31.5 Å². The van der Waals surface area contributed by atoms with Gasteiger partial charge in [0.05, 0.1) is 12.5 Å². The minimum absolute atomic E-state index is 0.0255. The average Bonchev–Trinajstić information content (AvgIpc) is 2.69. The lowest BCUT2D eigenvalue weighted by atomic mass is 10.1. The van der Waals surface area contributed by atoms with Crippen LogP contribution < -0.4 is 5.32 Å². The molecule has 7 heteroatoms. The summed E-state index contributed by atoms with van der Waals surface area (Å²) >= 11 is 3.40. The van der Waals surface area contributed by atoms with Crippen LogP contribution in [0.25, 0.3) is 0 Å². The molecule has 1 fully saturated rings. The molecular weight excluding hydrogens is 425 g/mol. The number of nitrogens with one attached hydrogen (secondary N) is 1. The molecule has 1 N–H and O–H groups in total. The maximum Gasteiger partial charge on any atom is 0.241 e. The van der Waals surface area contributed by atoms with Gasteiger partial charge in [0, 0.05) is 36.3 Å². The monoisotopic (exact) mass is 447 g/mol. The number of carbonyl (C=O) groups is 2. The van der Waals surface area contributed by atoms with Crippen molar-refractivity contribution in [1.82, 2.24) is 9.80 Å². The van der Waals surface area contributed by atoms with E-state index < -0.39 is 0 Å². The first-order chi connectivity index (χ1) is 13.4. The van der Waals surface area contributed by atoms with Gasteiger partial charge in [0.2, 0.25) is 11.8 Å². The highest BCUT2D eigenvalue weighted by Crippen LogP contribution is 2.17. The van der Waals surface area contributed by atoms with Gasteiger partial charge in [-0.1, -0.05) is 34.1 Å². The summed E-state index contributed by atoms with van der Waals surface area (Å²) in [5, 5.41) is 2.93. The van der Waals surface area contributed by atoms with Crippen molar-refractivity contribution < 1.29 is 14.0 Å². The molecule has 0 aromatic heterocycles. The topological polar surface area (TPSA) is 52.7 Å². The van der Waals surface area contributed by atoms with E-state index in [2.05, 4.69) is 26.1 Å². The van der Waals surface area contributed by atoms with Gasteiger partial charge in [-0.25, -0.2) is 4.39 Å². The zero-order valence-electron chi connectivity index (χ0n) is 15.7. The number of hydrogen-bond acceptors (Lipinski definition) is 3. The molecule has 1 aliphatic rings. The first-order valence-electron chi connectivity index (χ1n) is 9.25. The number of carbonyl (C=O) groups excluding carboxylic acids is 2. The SMILES string of the molecule is CC(C(=O)Nc1cccc(Br)c1)N1CCN(C(=O)Cc2ccc(F)cc2)CC1. The normalized spacial score (nSPS) is 15.9. The summed E-state index contributed by atoms with van der Waals surface area (Å²) in [4.78, 5) is 28.9. The van der Waals surface area contributed by atoms with Gasteiger partial charge >= 0.3 is 0 Å². The van der Waals surface area contributed by atoms with E-state index in [9.17, 15) is 14.0 Å². The molecule has 1 heterocycles. The summed E-state index contributed by atoms with van der Waals surface area (Å²) in [6, 6.07) is 13.2. The molecule has 2 aromatic rings. The lowest BCUT2D eigenvalue weighted by Gasteiger charge is -2.37. The van der Waals surface area contributed by atoms with Gasteiger partial charge in [-0.2, -0.15) is 0 Å². The van der Waals surface area contributed by atoms with E-state index in [1.807, 2.05) is 31.2 Å². The summed E-state index contributed by atoms with van der Waals surface area (Å²) in [5.41, 5.74) is 1.55. The van der Waals surface area contributed by atoms with Gasteiger partial charge in [0.25, 0.3) is 0 Å². The lowest BCUT2D eigenvalue weighted by Crippen LogP contribution is -2.54. The third kappa shape index (κ3) is 5.39. The van der Waals surface area contributed by atoms with Crippen LogP contribution in [0, 0.1) is 5.82 Å². The van der Waals surface area contributed by atoms with E-state index in [0.29, 0.717) is 26.2 Å². The quantitative estimate of drug-likeness (QED) is 0.764. The third-order valence-corrected chi connectivity index (χ3v) is 5.45. The molecule has 3 rings (SSSR count). The number of piperazine rings is 1. The fourth-order valence-corrected chi connectivity index (χ4v) is 3.63. The predicted octanol–water partition coefficient (Wildman–Crippen LogP) is 3.30. The van der Waals surface area contributed by atoms with Gasteiger partial charge in [-0.05, 0) is 42.8 Å². The van der Waals surface area contributed by atoms with Crippen molar-refractivity contribution >= 4 is 33.4 Å². The highest BCUT2D eigenvalue weighted by Gasteiger charge is 2.27. The second-order valence-electron chi connectivity index (χ2n) is 6.90. The average molecular weight is 448 g/mol. The first-order valence-corrected chi connectivity index (χ1v) is 10.0.